The third kappa shape index (κ3) is 5.69. The van der Waals surface area contributed by atoms with Crippen molar-refractivity contribution >= 4 is 27.7 Å². The van der Waals surface area contributed by atoms with Gasteiger partial charge in [-0.05, 0) is 54.4 Å². The molecule has 0 saturated carbocycles. The maximum atomic E-state index is 9.45. The smallest absolute Gasteiger partial charge is 0.0960 e. The van der Waals surface area contributed by atoms with Gasteiger partial charge in [0.05, 0.1) is 11.6 Å². The van der Waals surface area contributed by atoms with E-state index in [2.05, 4.69) is 40.1 Å². The number of thioether (sulfide) groups is 1. The average Bonchev–Trinajstić information content (AvgIpc) is 2.39. The van der Waals surface area contributed by atoms with Crippen LogP contribution < -0.4 is 5.32 Å². The van der Waals surface area contributed by atoms with Crippen LogP contribution >= 0.6 is 27.7 Å². The van der Waals surface area contributed by atoms with Gasteiger partial charge in [-0.15, -0.1) is 11.8 Å². The molecular weight excluding hydrogens is 312 g/mol. The Labute approximate surface area is 122 Å². The van der Waals surface area contributed by atoms with E-state index in [1.54, 1.807) is 11.8 Å². The van der Waals surface area contributed by atoms with Crippen LogP contribution in [0.3, 0.4) is 0 Å². The first-order valence-corrected chi connectivity index (χ1v) is 7.98. The number of pyridine rings is 1. The minimum absolute atomic E-state index is 0.168. The number of aromatic nitrogens is 1. The zero-order chi connectivity index (χ0) is 13.4. The Morgan fingerprint density at radius 3 is 2.83 bits per heavy atom. The highest BCUT2D eigenvalue weighted by atomic mass is 79.9. The summed E-state index contributed by atoms with van der Waals surface area (Å²) in [5.41, 5.74) is -0.182. The summed E-state index contributed by atoms with van der Waals surface area (Å²) < 4.78 is 0.997. The summed E-state index contributed by atoms with van der Waals surface area (Å²) in [6.45, 7) is 5.31. The quantitative estimate of drug-likeness (QED) is 0.718. The van der Waals surface area contributed by atoms with Gasteiger partial charge in [0.1, 0.15) is 0 Å². The number of hydrogen-bond donors (Lipinski definition) is 2. The van der Waals surface area contributed by atoms with Crippen LogP contribution in [0.4, 0.5) is 0 Å². The van der Waals surface area contributed by atoms with Crippen molar-refractivity contribution in [1.82, 2.24) is 10.3 Å². The Morgan fingerprint density at radius 1 is 1.50 bits per heavy atom. The lowest BCUT2D eigenvalue weighted by Crippen LogP contribution is -2.46. The predicted octanol–water partition coefficient (Wildman–Crippen LogP) is 3.08. The van der Waals surface area contributed by atoms with Gasteiger partial charge in [-0.25, -0.2) is 4.98 Å². The zero-order valence-electron chi connectivity index (χ0n) is 10.9. The Hall–Kier alpha value is -0.100. The normalized spacial score (nSPS) is 14.4. The molecule has 18 heavy (non-hydrogen) atoms. The van der Waals surface area contributed by atoms with Crippen molar-refractivity contribution in [1.29, 1.82) is 0 Å². The summed E-state index contributed by atoms with van der Waals surface area (Å²) in [4.78, 5) is 4.32. The van der Waals surface area contributed by atoms with Gasteiger partial charge in [-0.1, -0.05) is 6.92 Å². The molecule has 1 aromatic heterocycles. The number of nitrogens with zero attached hydrogens (tertiary/aromatic N) is 1. The van der Waals surface area contributed by atoms with Crippen molar-refractivity contribution in [2.75, 3.05) is 18.9 Å². The average molecular weight is 333 g/mol. The molecule has 0 aliphatic rings. The summed E-state index contributed by atoms with van der Waals surface area (Å²) in [7, 11) is 0. The van der Waals surface area contributed by atoms with Crippen LogP contribution in [0.5, 0.6) is 0 Å². The van der Waals surface area contributed by atoms with Gasteiger partial charge in [0.25, 0.3) is 0 Å². The second-order valence-electron chi connectivity index (χ2n) is 4.56. The van der Waals surface area contributed by atoms with Gasteiger partial charge in [0, 0.05) is 22.0 Å². The lowest BCUT2D eigenvalue weighted by atomic mass is 10.0. The fourth-order valence-electron chi connectivity index (χ4n) is 1.48. The Balaban J connectivity index is 2.36. The van der Waals surface area contributed by atoms with E-state index in [4.69, 9.17) is 0 Å². The SMILES string of the molecule is CCCNC(C)(CO)CCSc1ccc(Br)cn1. The predicted molar refractivity (Wildman–Crippen MR) is 81.1 cm³/mol. The molecule has 102 valence electrons. The minimum Gasteiger partial charge on any atom is -0.394 e. The highest BCUT2D eigenvalue weighted by molar-refractivity contribution is 9.10. The van der Waals surface area contributed by atoms with E-state index in [9.17, 15) is 5.11 Å². The number of hydrogen-bond acceptors (Lipinski definition) is 4. The fourth-order valence-corrected chi connectivity index (χ4v) is 2.77. The van der Waals surface area contributed by atoms with Gasteiger partial charge in [-0.3, -0.25) is 0 Å². The van der Waals surface area contributed by atoms with Crippen molar-refractivity contribution < 1.29 is 5.11 Å². The van der Waals surface area contributed by atoms with Crippen molar-refractivity contribution in [3.05, 3.63) is 22.8 Å². The molecule has 0 radical (unpaired) electrons. The highest BCUT2D eigenvalue weighted by Gasteiger charge is 2.21. The van der Waals surface area contributed by atoms with Crippen LogP contribution in [-0.2, 0) is 0 Å². The number of nitrogens with one attached hydrogen (secondary N) is 1. The molecule has 0 fully saturated rings. The van der Waals surface area contributed by atoms with Gasteiger partial charge in [0.15, 0.2) is 0 Å². The van der Waals surface area contributed by atoms with E-state index in [1.165, 1.54) is 0 Å². The van der Waals surface area contributed by atoms with Gasteiger partial charge >= 0.3 is 0 Å². The Kier molecular flexibility index (Phi) is 7.22. The maximum Gasteiger partial charge on any atom is 0.0960 e. The van der Waals surface area contributed by atoms with E-state index < -0.39 is 0 Å². The lowest BCUT2D eigenvalue weighted by Gasteiger charge is -2.28. The molecule has 2 N–H and O–H groups in total. The van der Waals surface area contributed by atoms with Crippen LogP contribution in [0.25, 0.3) is 0 Å². The molecule has 0 saturated heterocycles. The second-order valence-corrected chi connectivity index (χ2v) is 6.59. The van der Waals surface area contributed by atoms with Crippen molar-refractivity contribution in [2.24, 2.45) is 0 Å². The van der Waals surface area contributed by atoms with Gasteiger partial charge in [0.2, 0.25) is 0 Å². The van der Waals surface area contributed by atoms with Crippen LogP contribution in [0.2, 0.25) is 0 Å². The molecule has 0 spiro atoms. The van der Waals surface area contributed by atoms with E-state index in [1.807, 2.05) is 18.3 Å². The fraction of sp³-hybridized carbons (Fsp3) is 0.615. The highest BCUT2D eigenvalue weighted by Crippen LogP contribution is 2.21. The minimum atomic E-state index is -0.182. The number of aliphatic hydroxyl groups is 1. The number of halogens is 1. The molecule has 0 aliphatic carbocycles. The molecule has 0 bridgehead atoms. The molecule has 0 aromatic carbocycles. The number of aliphatic hydroxyl groups excluding tert-OH is 1. The molecule has 0 amide bonds. The molecule has 1 unspecified atom stereocenters. The molecular formula is C13H21BrN2OS. The van der Waals surface area contributed by atoms with Crippen molar-refractivity contribution in [2.45, 2.75) is 37.3 Å². The molecule has 1 atom stereocenters. The Morgan fingerprint density at radius 2 is 2.28 bits per heavy atom. The summed E-state index contributed by atoms with van der Waals surface area (Å²) in [5, 5.41) is 13.9. The van der Waals surface area contributed by atoms with Crippen molar-refractivity contribution in [3.63, 3.8) is 0 Å². The first kappa shape index (κ1) is 16.0. The second kappa shape index (κ2) is 8.15. The number of rotatable bonds is 8. The van der Waals surface area contributed by atoms with E-state index >= 15 is 0 Å². The monoisotopic (exact) mass is 332 g/mol. The molecule has 0 aliphatic heterocycles. The van der Waals surface area contributed by atoms with E-state index in [-0.39, 0.29) is 12.1 Å². The van der Waals surface area contributed by atoms with E-state index in [0.717, 1.165) is 34.6 Å². The van der Waals surface area contributed by atoms with Gasteiger partial charge in [-0.2, -0.15) is 0 Å². The summed E-state index contributed by atoms with van der Waals surface area (Å²) in [6, 6.07) is 4.00. The third-order valence-electron chi connectivity index (χ3n) is 2.75. The molecule has 1 aromatic rings. The van der Waals surface area contributed by atoms with Crippen LogP contribution in [0.15, 0.2) is 27.8 Å². The summed E-state index contributed by atoms with van der Waals surface area (Å²) >= 11 is 5.09. The summed E-state index contributed by atoms with van der Waals surface area (Å²) in [5.74, 6) is 0.947. The van der Waals surface area contributed by atoms with Crippen molar-refractivity contribution in [3.8, 4) is 0 Å². The topological polar surface area (TPSA) is 45.1 Å². The van der Waals surface area contributed by atoms with Gasteiger partial charge < -0.3 is 10.4 Å². The standard InChI is InChI=1S/C13H21BrN2OS/c1-3-7-16-13(2,10-17)6-8-18-12-5-4-11(14)9-15-12/h4-5,9,16-17H,3,6-8,10H2,1-2H3. The Bertz CT molecular complexity index is 347. The third-order valence-corrected chi connectivity index (χ3v) is 4.17. The van der Waals surface area contributed by atoms with Crippen LogP contribution in [0, 0.1) is 0 Å². The largest absolute Gasteiger partial charge is 0.394 e. The lowest BCUT2D eigenvalue weighted by molar-refractivity contribution is 0.171. The summed E-state index contributed by atoms with van der Waals surface area (Å²) in [6.07, 6.45) is 3.81. The molecule has 5 heteroatoms. The van der Waals surface area contributed by atoms with E-state index in [0.29, 0.717) is 0 Å². The molecule has 1 rings (SSSR count). The maximum absolute atomic E-state index is 9.45. The van der Waals surface area contributed by atoms with Crippen LogP contribution in [0.1, 0.15) is 26.7 Å². The molecule has 3 nitrogen and oxygen atoms in total. The first-order chi connectivity index (χ1) is 8.59. The molecule has 1 heterocycles. The zero-order valence-corrected chi connectivity index (χ0v) is 13.4. The van der Waals surface area contributed by atoms with Crippen LogP contribution in [-0.4, -0.2) is 34.5 Å². The first-order valence-electron chi connectivity index (χ1n) is 6.20.